The van der Waals surface area contributed by atoms with Crippen molar-refractivity contribution in [3.8, 4) is 11.3 Å². The fraction of sp³-hybridized carbons (Fsp3) is 0.458. The molecule has 0 spiro atoms. The average molecular weight is 848 g/mol. The van der Waals surface area contributed by atoms with Gasteiger partial charge >= 0.3 is 12.2 Å². The Kier molecular flexibility index (Phi) is 14.1. The largest absolute Gasteiger partial charge is 0.453 e. The molecule has 3 heterocycles. The molecule has 0 saturated carbocycles. The minimum atomic E-state index is -0.854. The third-order valence-corrected chi connectivity index (χ3v) is 11.9. The highest BCUT2D eigenvalue weighted by atomic mass is 16.5. The number of ether oxygens (including phenoxy) is 2. The van der Waals surface area contributed by atoms with Crippen LogP contribution in [0, 0.1) is 10.8 Å². The van der Waals surface area contributed by atoms with Gasteiger partial charge in [0.25, 0.3) is 0 Å². The number of rotatable bonds is 12. The summed E-state index contributed by atoms with van der Waals surface area (Å²) in [6.45, 7) is 12.3. The van der Waals surface area contributed by atoms with E-state index in [0.29, 0.717) is 43.9 Å². The van der Waals surface area contributed by atoms with Gasteiger partial charge in [0.2, 0.25) is 17.7 Å². The Labute approximate surface area is 364 Å². The topological polar surface area (TPSA) is 175 Å². The van der Waals surface area contributed by atoms with Crippen LogP contribution in [0.1, 0.15) is 102 Å². The van der Waals surface area contributed by atoms with E-state index < -0.39 is 41.1 Å². The Morgan fingerprint density at radius 1 is 0.726 bits per heavy atom. The van der Waals surface area contributed by atoms with E-state index in [4.69, 9.17) is 14.5 Å². The number of nitrogens with one attached hydrogen (secondary N) is 4. The highest BCUT2D eigenvalue weighted by molar-refractivity contribution is 5.99. The van der Waals surface area contributed by atoms with Gasteiger partial charge in [0.15, 0.2) is 0 Å². The number of likely N-dealkylation sites (tertiary alicyclic amines) is 2. The number of aromatic nitrogens is 2. The predicted octanol–water partition coefficient (Wildman–Crippen LogP) is 7.59. The maximum atomic E-state index is 13.8. The van der Waals surface area contributed by atoms with Crippen LogP contribution >= 0.6 is 0 Å². The molecule has 14 nitrogen and oxygen atoms in total. The number of methoxy groups -OCH3 is 2. The molecule has 5 atom stereocenters. The van der Waals surface area contributed by atoms with Gasteiger partial charge in [-0.3, -0.25) is 14.4 Å². The molecule has 2 aliphatic rings. The fourth-order valence-electron chi connectivity index (χ4n) is 8.45. The summed E-state index contributed by atoms with van der Waals surface area (Å²) in [5.41, 5.74) is 4.71. The van der Waals surface area contributed by atoms with E-state index in [1.165, 1.54) is 19.8 Å². The molecule has 4 aromatic rings. The molecule has 2 fully saturated rings. The van der Waals surface area contributed by atoms with Crippen LogP contribution in [-0.2, 0) is 30.3 Å². The van der Waals surface area contributed by atoms with Crippen molar-refractivity contribution in [2.45, 2.75) is 104 Å². The van der Waals surface area contributed by atoms with E-state index in [-0.39, 0.29) is 29.7 Å². The Morgan fingerprint density at radius 2 is 1.27 bits per heavy atom. The molecule has 3 aromatic carbocycles. The lowest BCUT2D eigenvalue weighted by molar-refractivity contribution is -0.140. The zero-order chi connectivity index (χ0) is 44.8. The van der Waals surface area contributed by atoms with E-state index >= 15 is 0 Å². The van der Waals surface area contributed by atoms with E-state index in [9.17, 15) is 24.0 Å². The summed E-state index contributed by atoms with van der Waals surface area (Å²) < 4.78 is 9.59. The maximum Gasteiger partial charge on any atom is 0.407 e. The van der Waals surface area contributed by atoms with E-state index in [1.807, 2.05) is 88.9 Å². The Morgan fingerprint density at radius 3 is 1.85 bits per heavy atom. The number of hydrogen-bond acceptors (Lipinski definition) is 8. The summed E-state index contributed by atoms with van der Waals surface area (Å²) in [6.07, 6.45) is 3.98. The lowest BCUT2D eigenvalue weighted by atomic mass is 9.85. The van der Waals surface area contributed by atoms with Crippen molar-refractivity contribution >= 4 is 35.6 Å². The number of imidazole rings is 1. The summed E-state index contributed by atoms with van der Waals surface area (Å²) in [4.78, 5) is 77.0. The molecule has 0 radical (unpaired) electrons. The number of anilines is 1. The number of amides is 5. The number of H-pyrrole nitrogens is 1. The molecule has 2 saturated heterocycles. The summed E-state index contributed by atoms with van der Waals surface area (Å²) in [5.74, 6) is 0.0136. The first-order valence-corrected chi connectivity index (χ1v) is 21.4. The van der Waals surface area contributed by atoms with Gasteiger partial charge in [0, 0.05) is 24.7 Å². The Bertz CT molecular complexity index is 2190. The molecule has 0 bridgehead atoms. The summed E-state index contributed by atoms with van der Waals surface area (Å²) in [6, 6.07) is 24.1. The van der Waals surface area contributed by atoms with E-state index in [0.717, 1.165) is 35.2 Å². The third-order valence-electron chi connectivity index (χ3n) is 11.9. The fourth-order valence-corrected chi connectivity index (χ4v) is 8.45. The van der Waals surface area contributed by atoms with Gasteiger partial charge in [-0.25, -0.2) is 14.6 Å². The lowest BCUT2D eigenvalue weighted by Crippen LogP contribution is -2.57. The summed E-state index contributed by atoms with van der Waals surface area (Å²) in [5, 5.41) is 8.42. The quantitative estimate of drug-likeness (QED) is 0.113. The first kappa shape index (κ1) is 45.3. The Balaban J connectivity index is 1.13. The lowest BCUT2D eigenvalue weighted by Gasteiger charge is -2.35. The van der Waals surface area contributed by atoms with E-state index in [1.54, 1.807) is 11.1 Å². The predicted molar refractivity (Wildman–Crippen MR) is 237 cm³/mol. The first-order valence-electron chi connectivity index (χ1n) is 21.4. The normalized spacial score (nSPS) is 18.1. The zero-order valence-electron chi connectivity index (χ0n) is 37.1. The highest BCUT2D eigenvalue weighted by Gasteiger charge is 2.43. The minimum Gasteiger partial charge on any atom is -0.453 e. The van der Waals surface area contributed by atoms with Crippen LogP contribution in [0.2, 0.25) is 0 Å². The number of alkyl carbamates (subject to hydrolysis) is 2. The van der Waals surface area contributed by atoms with Crippen molar-refractivity contribution in [2.75, 3.05) is 32.6 Å². The summed E-state index contributed by atoms with van der Waals surface area (Å²) in [7, 11) is 2.54. The van der Waals surface area contributed by atoms with Crippen LogP contribution in [0.15, 0.2) is 85.1 Å². The van der Waals surface area contributed by atoms with Crippen LogP contribution in [0.4, 0.5) is 15.3 Å². The smallest absolute Gasteiger partial charge is 0.407 e. The Hall–Kier alpha value is -6.18. The van der Waals surface area contributed by atoms with Crippen molar-refractivity contribution in [1.29, 1.82) is 0 Å². The maximum absolute atomic E-state index is 13.8. The number of hydrogen-bond donors (Lipinski definition) is 4. The van der Waals surface area contributed by atoms with Gasteiger partial charge in [-0.05, 0) is 77.3 Å². The molecular formula is C48H61N7O7. The van der Waals surface area contributed by atoms with Crippen molar-refractivity contribution in [3.05, 3.63) is 108 Å². The van der Waals surface area contributed by atoms with Crippen molar-refractivity contribution < 1.29 is 33.4 Å². The van der Waals surface area contributed by atoms with Gasteiger partial charge in [-0.2, -0.15) is 0 Å². The van der Waals surface area contributed by atoms with Crippen LogP contribution in [0.25, 0.3) is 11.3 Å². The molecule has 5 amide bonds. The molecule has 6 rings (SSSR count). The average Bonchev–Trinajstić information content (AvgIpc) is 4.05. The molecule has 0 aliphatic carbocycles. The van der Waals surface area contributed by atoms with Crippen LogP contribution in [0.3, 0.4) is 0 Å². The molecular weight excluding hydrogens is 787 g/mol. The van der Waals surface area contributed by atoms with Crippen molar-refractivity contribution in [2.24, 2.45) is 10.8 Å². The third kappa shape index (κ3) is 10.6. The van der Waals surface area contributed by atoms with Crippen LogP contribution in [-0.4, -0.2) is 95.1 Å². The van der Waals surface area contributed by atoms with Gasteiger partial charge in [0.1, 0.15) is 23.9 Å². The van der Waals surface area contributed by atoms with Crippen molar-refractivity contribution in [1.82, 2.24) is 30.4 Å². The molecule has 62 heavy (non-hydrogen) atoms. The number of carbonyl (C=O) groups is 5. The van der Waals surface area contributed by atoms with Gasteiger partial charge < -0.3 is 40.2 Å². The number of carbonyl (C=O) groups excluding carboxylic acids is 5. The highest BCUT2D eigenvalue weighted by Crippen LogP contribution is 2.36. The van der Waals surface area contributed by atoms with Gasteiger partial charge in [-0.1, -0.05) is 108 Å². The van der Waals surface area contributed by atoms with Gasteiger partial charge in [0.05, 0.1) is 32.2 Å². The molecule has 330 valence electrons. The molecule has 4 N–H and O–H groups in total. The van der Waals surface area contributed by atoms with E-state index in [2.05, 4.69) is 57.3 Å². The number of aromatic amines is 1. The molecule has 1 aromatic heterocycles. The summed E-state index contributed by atoms with van der Waals surface area (Å²) >= 11 is 0. The van der Waals surface area contributed by atoms with Gasteiger partial charge in [-0.15, -0.1) is 0 Å². The number of nitrogens with zero attached hydrogens (tertiary/aromatic N) is 3. The standard InChI is InChI=1S/C48H61N7O7/c1-47(2,3)39(52-45(59)61-7)43(57)54-26-12-16-37(54)41-49-29-36(51-41)33-22-20-32(21-23-33)35(31-14-10-9-11-15-31)28-30-18-24-34(25-19-30)50-42(56)38-17-13-27-55(38)44(58)40(48(4,5)6)53-46(60)62-8/h9-11,14-15,18-25,29,35,37-40H,12-13,16-17,26-28H2,1-8H3,(H,49,51)(H,50,56)(H,52,59)(H,53,60)/t35?,37-,38-,39+,40+/m0/s1. The number of benzene rings is 3. The van der Waals surface area contributed by atoms with Crippen molar-refractivity contribution in [3.63, 3.8) is 0 Å². The SMILES string of the molecule is COC(=O)N[C@H](C(=O)N1CCC[C@H]1C(=O)Nc1ccc(CC(c2ccccc2)c2ccc(-c3cnc([C@@H]4CCCN4C(=O)[C@@H](NC(=O)OC)C(C)(C)C)[nH]3)cc2)cc1)C(C)(C)C. The van der Waals surface area contributed by atoms with Crippen LogP contribution < -0.4 is 16.0 Å². The molecule has 1 unspecified atom stereocenters. The van der Waals surface area contributed by atoms with Crippen LogP contribution in [0.5, 0.6) is 0 Å². The molecule has 2 aliphatic heterocycles. The second kappa shape index (κ2) is 19.3. The monoisotopic (exact) mass is 847 g/mol. The molecule has 14 heteroatoms. The second-order valence-electron chi connectivity index (χ2n) is 18.4. The first-order chi connectivity index (χ1) is 29.5. The second-order valence-corrected chi connectivity index (χ2v) is 18.4. The minimum absolute atomic E-state index is 0.0443. The zero-order valence-corrected chi connectivity index (χ0v) is 37.1.